The Morgan fingerprint density at radius 2 is 0.875 bits per heavy atom. The van der Waals surface area contributed by atoms with E-state index in [1.165, 1.54) is 0 Å². The lowest BCUT2D eigenvalue weighted by Gasteiger charge is -2.18. The van der Waals surface area contributed by atoms with Crippen molar-refractivity contribution in [2.75, 3.05) is 0 Å². The molecule has 2 nitrogen and oxygen atoms in total. The Morgan fingerprint density at radius 3 is 1.19 bits per heavy atom. The van der Waals surface area contributed by atoms with Gasteiger partial charge in [0.2, 0.25) is 0 Å². The molecule has 2 N–H and O–H groups in total. The highest BCUT2D eigenvalue weighted by atomic mass is 16.3. The maximum Gasteiger partial charge on any atom is 0.109 e. The van der Waals surface area contributed by atoms with Crippen LogP contribution in [0.2, 0.25) is 0 Å². The van der Waals surface area contributed by atoms with Gasteiger partial charge in [0.05, 0.1) is 0 Å². The molecule has 0 aliphatic heterocycles. The van der Waals surface area contributed by atoms with Gasteiger partial charge in [-0.05, 0) is 11.1 Å². The molecule has 0 unspecified atom stereocenters. The van der Waals surface area contributed by atoms with Crippen LogP contribution in [0.3, 0.4) is 0 Å². The summed E-state index contributed by atoms with van der Waals surface area (Å²) in [7, 11) is 0. The highest BCUT2D eigenvalue weighted by molar-refractivity contribution is 5.24. The number of hydrogen-bond donors (Lipinski definition) is 2. The third-order valence-corrected chi connectivity index (χ3v) is 2.58. The molecule has 82 valence electrons. The quantitative estimate of drug-likeness (QED) is 0.824. The molecular weight excluding hydrogens is 200 g/mol. The van der Waals surface area contributed by atoms with Crippen molar-refractivity contribution in [2.24, 2.45) is 0 Å². The molecule has 2 heteroatoms. The third kappa shape index (κ3) is 2.30. The highest BCUT2D eigenvalue weighted by Gasteiger charge is 2.19. The van der Waals surface area contributed by atoms with E-state index in [-0.39, 0.29) is 0 Å². The third-order valence-electron chi connectivity index (χ3n) is 2.58. The van der Waals surface area contributed by atoms with Crippen LogP contribution < -0.4 is 0 Å². The van der Waals surface area contributed by atoms with Gasteiger partial charge in [-0.15, -0.1) is 0 Å². The lowest BCUT2D eigenvalue weighted by molar-refractivity contribution is 0.0172. The average molecular weight is 214 g/mol. The topological polar surface area (TPSA) is 40.5 Å². The minimum absolute atomic E-state index is 0.721. The minimum Gasteiger partial charge on any atom is -0.385 e. The van der Waals surface area contributed by atoms with Crippen molar-refractivity contribution in [3.8, 4) is 0 Å². The van der Waals surface area contributed by atoms with Gasteiger partial charge in [0.15, 0.2) is 0 Å². The molecule has 0 saturated carbocycles. The van der Waals surface area contributed by atoms with Gasteiger partial charge >= 0.3 is 0 Å². The van der Waals surface area contributed by atoms with Crippen molar-refractivity contribution in [1.82, 2.24) is 0 Å². The van der Waals surface area contributed by atoms with Crippen molar-refractivity contribution >= 4 is 0 Å². The summed E-state index contributed by atoms with van der Waals surface area (Å²) < 4.78 is 0. The molecule has 0 bridgehead atoms. The standard InChI is InChI=1S/C14H14O2/c15-13(11-7-3-1-4-8-11)14(16)12-9-5-2-6-10-12/h1-10,13-16H/t13-,14-/m0/s1. The molecule has 0 heterocycles. The summed E-state index contributed by atoms with van der Waals surface area (Å²) >= 11 is 0. The van der Waals surface area contributed by atoms with E-state index in [4.69, 9.17) is 0 Å². The van der Waals surface area contributed by atoms with Crippen LogP contribution in [0.5, 0.6) is 0 Å². The van der Waals surface area contributed by atoms with Crippen LogP contribution >= 0.6 is 0 Å². The van der Waals surface area contributed by atoms with Gasteiger partial charge < -0.3 is 10.2 Å². The molecular formula is C14H14O2. The van der Waals surface area contributed by atoms with E-state index in [1.807, 2.05) is 36.4 Å². The van der Waals surface area contributed by atoms with Gasteiger partial charge in [0.25, 0.3) is 0 Å². The fourth-order valence-electron chi connectivity index (χ4n) is 1.67. The number of rotatable bonds is 3. The molecule has 0 aliphatic rings. The molecule has 2 atom stereocenters. The zero-order chi connectivity index (χ0) is 11.4. The lowest BCUT2D eigenvalue weighted by Crippen LogP contribution is -2.09. The number of hydrogen-bond acceptors (Lipinski definition) is 2. The first-order valence-electron chi connectivity index (χ1n) is 5.25. The molecule has 16 heavy (non-hydrogen) atoms. The monoisotopic (exact) mass is 214 g/mol. The Labute approximate surface area is 94.8 Å². The van der Waals surface area contributed by atoms with Crippen molar-refractivity contribution in [1.29, 1.82) is 0 Å². The van der Waals surface area contributed by atoms with Crippen LogP contribution in [0, 0.1) is 0 Å². The van der Waals surface area contributed by atoms with Crippen LogP contribution in [-0.4, -0.2) is 10.2 Å². The van der Waals surface area contributed by atoms with Crippen LogP contribution in [0.15, 0.2) is 60.7 Å². The van der Waals surface area contributed by atoms with Crippen LogP contribution in [0.25, 0.3) is 0 Å². The highest BCUT2D eigenvalue weighted by Crippen LogP contribution is 2.27. The van der Waals surface area contributed by atoms with E-state index < -0.39 is 12.2 Å². The maximum absolute atomic E-state index is 9.99. The normalized spacial score (nSPS) is 14.4. The van der Waals surface area contributed by atoms with Crippen LogP contribution in [0.1, 0.15) is 23.3 Å². The predicted octanol–water partition coefficient (Wildman–Crippen LogP) is 2.45. The molecule has 0 radical (unpaired) electrons. The summed E-state index contributed by atoms with van der Waals surface area (Å²) in [5, 5.41) is 20.0. The first kappa shape index (κ1) is 10.9. The van der Waals surface area contributed by atoms with Crippen molar-refractivity contribution in [3.63, 3.8) is 0 Å². The molecule has 0 aromatic heterocycles. The van der Waals surface area contributed by atoms with Gasteiger partial charge in [-0.1, -0.05) is 60.7 Å². The lowest BCUT2D eigenvalue weighted by atomic mass is 9.99. The summed E-state index contributed by atoms with van der Waals surface area (Å²) in [5.41, 5.74) is 1.44. The molecule has 0 aliphatic carbocycles. The van der Waals surface area contributed by atoms with Gasteiger partial charge in [-0.25, -0.2) is 0 Å². The predicted molar refractivity (Wildman–Crippen MR) is 62.8 cm³/mol. The van der Waals surface area contributed by atoms with Crippen LogP contribution in [0.4, 0.5) is 0 Å². The van der Waals surface area contributed by atoms with Gasteiger partial charge in [-0.2, -0.15) is 0 Å². The molecule has 0 amide bonds. The number of aliphatic hydroxyl groups excluding tert-OH is 2. The van der Waals surface area contributed by atoms with Crippen molar-refractivity contribution in [3.05, 3.63) is 71.8 Å². The first-order chi connectivity index (χ1) is 7.79. The van der Waals surface area contributed by atoms with Gasteiger partial charge in [-0.3, -0.25) is 0 Å². The molecule has 0 spiro atoms. The smallest absolute Gasteiger partial charge is 0.109 e. The summed E-state index contributed by atoms with van der Waals surface area (Å²) in [6.07, 6.45) is -1.77. The Balaban J connectivity index is 2.20. The zero-order valence-electron chi connectivity index (χ0n) is 8.82. The summed E-state index contributed by atoms with van der Waals surface area (Å²) in [5.74, 6) is 0. The first-order valence-corrected chi connectivity index (χ1v) is 5.25. The second-order valence-corrected chi connectivity index (χ2v) is 3.71. The Hall–Kier alpha value is -1.64. The summed E-state index contributed by atoms with van der Waals surface area (Å²) in [6, 6.07) is 18.3. The molecule has 2 aromatic carbocycles. The minimum atomic E-state index is -0.886. The van der Waals surface area contributed by atoms with E-state index in [0.29, 0.717) is 0 Å². The van der Waals surface area contributed by atoms with E-state index in [2.05, 4.69) is 0 Å². The zero-order valence-corrected chi connectivity index (χ0v) is 8.82. The van der Waals surface area contributed by atoms with E-state index >= 15 is 0 Å². The fourth-order valence-corrected chi connectivity index (χ4v) is 1.67. The summed E-state index contributed by atoms with van der Waals surface area (Å²) in [4.78, 5) is 0. The largest absolute Gasteiger partial charge is 0.385 e. The molecule has 2 rings (SSSR count). The number of aliphatic hydroxyl groups is 2. The SMILES string of the molecule is O[C@@H](c1ccccc1)[C@@H](O)c1ccccc1. The molecule has 2 aromatic rings. The Morgan fingerprint density at radius 1 is 0.562 bits per heavy atom. The van der Waals surface area contributed by atoms with Crippen molar-refractivity contribution < 1.29 is 10.2 Å². The summed E-state index contributed by atoms with van der Waals surface area (Å²) in [6.45, 7) is 0. The van der Waals surface area contributed by atoms with E-state index in [9.17, 15) is 10.2 Å². The average Bonchev–Trinajstić information content (AvgIpc) is 2.39. The number of benzene rings is 2. The molecule has 0 saturated heterocycles. The van der Waals surface area contributed by atoms with Gasteiger partial charge in [0, 0.05) is 0 Å². The maximum atomic E-state index is 9.99. The Bertz CT molecular complexity index is 382. The fraction of sp³-hybridized carbons (Fsp3) is 0.143. The van der Waals surface area contributed by atoms with E-state index in [0.717, 1.165) is 11.1 Å². The van der Waals surface area contributed by atoms with Crippen LogP contribution in [-0.2, 0) is 0 Å². The second-order valence-electron chi connectivity index (χ2n) is 3.71. The second kappa shape index (κ2) is 4.92. The Kier molecular flexibility index (Phi) is 3.34. The van der Waals surface area contributed by atoms with E-state index in [1.54, 1.807) is 24.3 Å². The molecule has 0 fully saturated rings. The van der Waals surface area contributed by atoms with Gasteiger partial charge in [0.1, 0.15) is 12.2 Å². The van der Waals surface area contributed by atoms with Crippen molar-refractivity contribution in [2.45, 2.75) is 12.2 Å².